The van der Waals surface area contributed by atoms with Crippen LogP contribution in [0.3, 0.4) is 0 Å². The number of fused-ring (bicyclic) bond motifs is 2. The third-order valence-electron chi connectivity index (χ3n) is 4.77. The van der Waals surface area contributed by atoms with E-state index in [0.29, 0.717) is 46.9 Å². The number of oxazole rings is 1. The van der Waals surface area contributed by atoms with Gasteiger partial charge in [-0.05, 0) is 42.8 Å². The molecule has 0 saturated carbocycles. The summed E-state index contributed by atoms with van der Waals surface area (Å²) in [5.74, 6) is 3.67. The first-order chi connectivity index (χ1) is 14.2. The molecule has 1 aromatic heterocycles. The minimum atomic E-state index is -0.142. The van der Waals surface area contributed by atoms with E-state index >= 15 is 0 Å². The summed E-state index contributed by atoms with van der Waals surface area (Å²) in [6, 6.07) is 11.1. The van der Waals surface area contributed by atoms with E-state index in [4.69, 9.17) is 23.4 Å². The Morgan fingerprint density at radius 1 is 0.966 bits per heavy atom. The van der Waals surface area contributed by atoms with Crippen LogP contribution in [0.1, 0.15) is 17.0 Å². The summed E-state index contributed by atoms with van der Waals surface area (Å²) in [5, 5.41) is 2.90. The molecule has 8 heteroatoms. The summed E-state index contributed by atoms with van der Waals surface area (Å²) in [7, 11) is 0. The Balaban J connectivity index is 1.24. The van der Waals surface area contributed by atoms with Crippen molar-refractivity contribution in [3.05, 3.63) is 53.4 Å². The van der Waals surface area contributed by atoms with Gasteiger partial charge in [0.15, 0.2) is 23.0 Å². The Labute approximate surface area is 166 Å². The van der Waals surface area contributed by atoms with Crippen molar-refractivity contribution < 1.29 is 28.2 Å². The van der Waals surface area contributed by atoms with E-state index in [9.17, 15) is 4.79 Å². The zero-order valence-electron chi connectivity index (χ0n) is 15.7. The van der Waals surface area contributed by atoms with Crippen LogP contribution < -0.4 is 24.3 Å². The third kappa shape index (κ3) is 3.44. The number of hydrogen-bond acceptors (Lipinski definition) is 7. The SMILES string of the molecule is Cc1oc(-c2ccc3c(c2)OCO3)nc1CC(=O)NCc1ccc2c(c1)OCO2. The molecule has 2 aliphatic rings. The van der Waals surface area contributed by atoms with Crippen LogP contribution in [0.4, 0.5) is 0 Å². The predicted molar refractivity (Wildman–Crippen MR) is 101 cm³/mol. The fourth-order valence-corrected chi connectivity index (χ4v) is 3.21. The molecular weight excluding hydrogens is 376 g/mol. The van der Waals surface area contributed by atoms with Gasteiger partial charge in [-0.15, -0.1) is 0 Å². The smallest absolute Gasteiger partial charge is 0.231 e. The lowest BCUT2D eigenvalue weighted by Crippen LogP contribution is -2.24. The first-order valence-corrected chi connectivity index (χ1v) is 9.17. The van der Waals surface area contributed by atoms with E-state index in [2.05, 4.69) is 10.3 Å². The lowest BCUT2D eigenvalue weighted by molar-refractivity contribution is -0.120. The maximum atomic E-state index is 12.4. The fourth-order valence-electron chi connectivity index (χ4n) is 3.21. The molecule has 3 aromatic rings. The second-order valence-corrected chi connectivity index (χ2v) is 6.73. The zero-order valence-corrected chi connectivity index (χ0v) is 15.7. The summed E-state index contributed by atoms with van der Waals surface area (Å²) in [4.78, 5) is 16.9. The molecule has 0 unspecified atom stereocenters. The van der Waals surface area contributed by atoms with E-state index in [-0.39, 0.29) is 25.9 Å². The van der Waals surface area contributed by atoms with E-state index in [1.165, 1.54) is 0 Å². The maximum Gasteiger partial charge on any atom is 0.231 e. The third-order valence-corrected chi connectivity index (χ3v) is 4.77. The van der Waals surface area contributed by atoms with Gasteiger partial charge in [0.05, 0.1) is 12.1 Å². The van der Waals surface area contributed by atoms with E-state index < -0.39 is 0 Å². The van der Waals surface area contributed by atoms with E-state index in [1.807, 2.05) is 36.4 Å². The highest BCUT2D eigenvalue weighted by atomic mass is 16.7. The van der Waals surface area contributed by atoms with Gasteiger partial charge >= 0.3 is 0 Å². The normalized spacial score (nSPS) is 13.6. The van der Waals surface area contributed by atoms with Gasteiger partial charge in [0.2, 0.25) is 25.4 Å². The fraction of sp³-hybridized carbons (Fsp3) is 0.238. The molecule has 0 fully saturated rings. The standard InChI is InChI=1S/C21H18N2O6/c1-12-15(23-21(29-12)14-3-5-17-19(7-14)28-11-26-17)8-20(24)22-9-13-2-4-16-18(6-13)27-10-25-16/h2-7H,8-11H2,1H3,(H,22,24). The van der Waals surface area contributed by atoms with Crippen LogP contribution in [0, 0.1) is 6.92 Å². The van der Waals surface area contributed by atoms with Crippen molar-refractivity contribution in [2.45, 2.75) is 19.9 Å². The Kier molecular flexibility index (Phi) is 4.23. The van der Waals surface area contributed by atoms with Gasteiger partial charge in [0.1, 0.15) is 5.76 Å². The second-order valence-electron chi connectivity index (χ2n) is 6.73. The Bertz CT molecular complexity index is 1090. The monoisotopic (exact) mass is 394 g/mol. The van der Waals surface area contributed by atoms with Gasteiger partial charge in [-0.3, -0.25) is 4.79 Å². The summed E-state index contributed by atoms with van der Waals surface area (Å²) in [5.41, 5.74) is 2.30. The maximum absolute atomic E-state index is 12.4. The average Bonchev–Trinajstić information content (AvgIpc) is 3.45. The minimum Gasteiger partial charge on any atom is -0.454 e. The quantitative estimate of drug-likeness (QED) is 0.711. The van der Waals surface area contributed by atoms with Crippen LogP contribution in [-0.4, -0.2) is 24.5 Å². The van der Waals surface area contributed by atoms with Crippen LogP contribution in [0.2, 0.25) is 0 Å². The van der Waals surface area contributed by atoms with Gasteiger partial charge in [-0.2, -0.15) is 0 Å². The van der Waals surface area contributed by atoms with Crippen molar-refractivity contribution in [2.75, 3.05) is 13.6 Å². The number of nitrogens with one attached hydrogen (secondary N) is 1. The molecule has 8 nitrogen and oxygen atoms in total. The van der Waals surface area contributed by atoms with Gasteiger partial charge in [0, 0.05) is 12.1 Å². The molecule has 3 heterocycles. The van der Waals surface area contributed by atoms with Gasteiger partial charge < -0.3 is 28.7 Å². The van der Waals surface area contributed by atoms with Crippen molar-refractivity contribution in [3.63, 3.8) is 0 Å². The van der Waals surface area contributed by atoms with Crippen molar-refractivity contribution in [1.82, 2.24) is 10.3 Å². The number of ether oxygens (including phenoxy) is 4. The molecule has 1 N–H and O–H groups in total. The summed E-state index contributed by atoms with van der Waals surface area (Å²) >= 11 is 0. The number of rotatable bonds is 5. The molecule has 0 spiro atoms. The lowest BCUT2D eigenvalue weighted by Gasteiger charge is -2.05. The molecule has 29 heavy (non-hydrogen) atoms. The Morgan fingerprint density at radius 2 is 1.66 bits per heavy atom. The van der Waals surface area contributed by atoms with Crippen molar-refractivity contribution in [1.29, 1.82) is 0 Å². The number of nitrogens with zero attached hydrogens (tertiary/aromatic N) is 1. The first kappa shape index (κ1) is 17.4. The number of hydrogen-bond donors (Lipinski definition) is 1. The summed E-state index contributed by atoms with van der Waals surface area (Å²) < 4.78 is 27.1. The van der Waals surface area contributed by atoms with Gasteiger partial charge in [0.25, 0.3) is 0 Å². The van der Waals surface area contributed by atoms with E-state index in [0.717, 1.165) is 11.1 Å². The number of carbonyl (C=O) groups excluding carboxylic acids is 1. The van der Waals surface area contributed by atoms with Gasteiger partial charge in [-0.25, -0.2) is 4.98 Å². The topological polar surface area (TPSA) is 92.1 Å². The van der Waals surface area contributed by atoms with Crippen LogP contribution >= 0.6 is 0 Å². The average molecular weight is 394 g/mol. The number of amides is 1. The number of aryl methyl sites for hydroxylation is 1. The van der Waals surface area contributed by atoms with Crippen LogP contribution in [0.15, 0.2) is 40.8 Å². The van der Waals surface area contributed by atoms with Crippen LogP contribution in [0.5, 0.6) is 23.0 Å². The molecule has 0 atom stereocenters. The molecule has 0 radical (unpaired) electrons. The van der Waals surface area contributed by atoms with Crippen molar-refractivity contribution in [2.24, 2.45) is 0 Å². The molecule has 0 saturated heterocycles. The largest absolute Gasteiger partial charge is 0.454 e. The summed E-state index contributed by atoms with van der Waals surface area (Å²) in [6.45, 7) is 2.62. The van der Waals surface area contributed by atoms with E-state index in [1.54, 1.807) is 6.92 Å². The molecule has 5 rings (SSSR count). The highest BCUT2D eigenvalue weighted by Crippen LogP contribution is 2.36. The lowest BCUT2D eigenvalue weighted by atomic mass is 10.2. The summed E-state index contributed by atoms with van der Waals surface area (Å²) in [6.07, 6.45) is 0.129. The van der Waals surface area contributed by atoms with Crippen molar-refractivity contribution >= 4 is 5.91 Å². The molecule has 0 bridgehead atoms. The molecular formula is C21H18N2O6. The van der Waals surface area contributed by atoms with Crippen LogP contribution in [-0.2, 0) is 17.8 Å². The first-order valence-electron chi connectivity index (χ1n) is 9.17. The highest BCUT2D eigenvalue weighted by molar-refractivity contribution is 5.78. The predicted octanol–water partition coefficient (Wildman–Crippen LogP) is 2.97. The van der Waals surface area contributed by atoms with Gasteiger partial charge in [-0.1, -0.05) is 6.07 Å². The Hall–Kier alpha value is -3.68. The molecule has 0 aliphatic carbocycles. The number of benzene rings is 2. The zero-order chi connectivity index (χ0) is 19.8. The van der Waals surface area contributed by atoms with Crippen molar-refractivity contribution in [3.8, 4) is 34.5 Å². The number of aromatic nitrogens is 1. The highest BCUT2D eigenvalue weighted by Gasteiger charge is 2.19. The molecule has 148 valence electrons. The molecule has 2 aliphatic heterocycles. The molecule has 1 amide bonds. The van der Waals surface area contributed by atoms with Crippen LogP contribution in [0.25, 0.3) is 11.5 Å². The molecule has 2 aromatic carbocycles. The minimum absolute atomic E-state index is 0.129. The Morgan fingerprint density at radius 3 is 2.45 bits per heavy atom. The second kappa shape index (κ2) is 7.05. The number of carbonyl (C=O) groups is 1.